The fourth-order valence-corrected chi connectivity index (χ4v) is 0. The van der Waals surface area contributed by atoms with Crippen molar-refractivity contribution in [2.75, 3.05) is 0 Å². The Morgan fingerprint density at radius 2 is 1.00 bits per heavy atom. The third-order valence-corrected chi connectivity index (χ3v) is 0. The predicted molar refractivity (Wildman–Crippen MR) is 44.1 cm³/mol. The molecule has 0 unspecified atom stereocenters. The summed E-state index contributed by atoms with van der Waals surface area (Å²) in [5.41, 5.74) is 0. The first-order chi connectivity index (χ1) is 0. The Hall–Kier alpha value is 3.85. The maximum absolute atomic E-state index is 0. The maximum atomic E-state index is 0. The SMILES string of the molecule is [Al+3].[As-3].[Ga+3].[In+3].[P-3].[SbH6-3]. The van der Waals surface area contributed by atoms with Crippen LogP contribution in [0.1, 0.15) is 0 Å². The average molecular weight is 445 g/mol. The molecular weight excluding hydrogens is 439 g/mol. The van der Waals surface area contributed by atoms with Gasteiger partial charge >= 0.3 is 87.4 Å². The first kappa shape index (κ1) is 52.1. The molecule has 0 aromatic carbocycles. The van der Waals surface area contributed by atoms with Gasteiger partial charge in [-0.05, 0) is 0 Å². The topological polar surface area (TPSA) is 0 Å². The van der Waals surface area contributed by atoms with Crippen molar-refractivity contribution in [2.24, 2.45) is 0 Å². The summed E-state index contributed by atoms with van der Waals surface area (Å²) in [4.78, 5) is 0. The zero-order valence-corrected chi connectivity index (χ0v) is 12.3. The Balaban J connectivity index is 0. The zero-order valence-electron chi connectivity index (χ0n) is 2.63. The summed E-state index contributed by atoms with van der Waals surface area (Å²) in [6.45, 7) is 0. The van der Waals surface area contributed by atoms with Gasteiger partial charge in [-0.25, -0.2) is 0 Å². The Morgan fingerprint density at radius 1 is 1.00 bits per heavy atom. The summed E-state index contributed by atoms with van der Waals surface area (Å²) < 4.78 is 0. The van der Waals surface area contributed by atoms with Gasteiger partial charge in [0, 0.05) is 0 Å². The minimum atomic E-state index is 0. The van der Waals surface area contributed by atoms with E-state index >= 15 is 0 Å². The van der Waals surface area contributed by atoms with Crippen molar-refractivity contribution >= 4 is 115 Å². The molecule has 0 spiro atoms. The normalized spacial score (nSPS) is 0. The first-order valence-corrected chi connectivity index (χ1v) is 0. The Morgan fingerprint density at radius 3 is 1.00 bits per heavy atom. The van der Waals surface area contributed by atoms with Crippen LogP contribution in [0.2, 0.25) is 0 Å². The summed E-state index contributed by atoms with van der Waals surface area (Å²) in [7, 11) is 0. The number of hydrogen-bond acceptors (Lipinski definition) is 0. The molecule has 0 aromatic heterocycles. The van der Waals surface area contributed by atoms with E-state index in [1.165, 1.54) is 0 Å². The van der Waals surface area contributed by atoms with Gasteiger partial charge in [-0.1, -0.05) is 0 Å². The van der Waals surface area contributed by atoms with Gasteiger partial charge in [0.1, 0.15) is 0 Å². The quantitative estimate of drug-likeness (QED) is 0.283. The van der Waals surface area contributed by atoms with E-state index in [9.17, 15) is 0 Å². The first-order valence-electron chi connectivity index (χ1n) is 0. The van der Waals surface area contributed by atoms with Gasteiger partial charge in [0.2, 0.25) is 0 Å². The van der Waals surface area contributed by atoms with Crippen LogP contribution in [0.5, 0.6) is 0 Å². The second kappa shape index (κ2) is 36.8. The summed E-state index contributed by atoms with van der Waals surface area (Å²) in [5, 5.41) is 0. The van der Waals surface area contributed by atoms with Crippen molar-refractivity contribution in [3.05, 3.63) is 0 Å². The van der Waals surface area contributed by atoms with E-state index in [0.29, 0.717) is 0 Å². The molecule has 0 aliphatic carbocycles. The second-order valence-corrected chi connectivity index (χ2v) is 0. The van der Waals surface area contributed by atoms with Gasteiger partial charge < -0.3 is 27.9 Å². The molecule has 0 fully saturated rings. The Labute approximate surface area is 113 Å². The number of hydrogen-bond donors (Lipinski definition) is 0. The van der Waals surface area contributed by atoms with Crippen LogP contribution >= 0.6 is 9.90 Å². The molecule has 0 N–H and O–H groups in total. The Bertz CT molecular complexity index is 15.5. The molecule has 30 valence electrons. The van der Waals surface area contributed by atoms with Crippen LogP contribution in [0.15, 0.2) is 0 Å². The standard InChI is InChI=1S/Al.As.Ga.In.P.Sb.6H/q+3;-3;2*+3;2*-3;;;;;;. The van der Waals surface area contributed by atoms with Crippen LogP contribution in [-0.2, 0) is 0 Å². The molecule has 0 rings (SSSR count). The van der Waals surface area contributed by atoms with Crippen LogP contribution in [0.25, 0.3) is 0 Å². The predicted octanol–water partition coefficient (Wildman–Crippen LogP) is -2.65. The van der Waals surface area contributed by atoms with Crippen molar-refractivity contribution in [1.29, 1.82) is 0 Å². The van der Waals surface area contributed by atoms with Crippen molar-refractivity contribution in [3.8, 4) is 0 Å². The van der Waals surface area contributed by atoms with Crippen molar-refractivity contribution in [2.45, 2.75) is 0 Å². The minimum absolute atomic E-state index is 0. The van der Waals surface area contributed by atoms with Crippen LogP contribution in [-0.4, -0.2) is 105 Å². The van der Waals surface area contributed by atoms with Crippen LogP contribution in [0.3, 0.4) is 0 Å². The third kappa shape index (κ3) is 24.9. The summed E-state index contributed by atoms with van der Waals surface area (Å²) in [5.74, 6) is 0. The van der Waals surface area contributed by atoms with E-state index < -0.39 is 0 Å². The number of rotatable bonds is 0. The second-order valence-electron chi connectivity index (χ2n) is 0. The molecule has 0 amide bonds. The molecule has 0 saturated carbocycles. The molecule has 0 aromatic rings. The van der Waals surface area contributed by atoms with Gasteiger partial charge in [-0.2, -0.15) is 0 Å². The third-order valence-electron chi connectivity index (χ3n) is 0. The molecular formula is H6AlAsGaInPSb. The van der Waals surface area contributed by atoms with E-state index in [1.807, 2.05) is 0 Å². The fourth-order valence-electron chi connectivity index (χ4n) is 0. The van der Waals surface area contributed by atoms with E-state index in [2.05, 4.69) is 0 Å². The van der Waals surface area contributed by atoms with Crippen molar-refractivity contribution in [3.63, 3.8) is 0 Å². The molecule has 0 heterocycles. The molecule has 0 bridgehead atoms. The summed E-state index contributed by atoms with van der Waals surface area (Å²) in [6.07, 6.45) is 0. The van der Waals surface area contributed by atoms with E-state index in [4.69, 9.17) is 0 Å². The molecule has 0 radical (unpaired) electrons. The molecule has 0 atom stereocenters. The molecule has 0 nitrogen and oxygen atoms in total. The van der Waals surface area contributed by atoms with E-state index in [0.717, 1.165) is 0 Å². The van der Waals surface area contributed by atoms with E-state index in [-0.39, 0.29) is 115 Å². The van der Waals surface area contributed by atoms with Gasteiger partial charge in [-0.15, -0.1) is 0 Å². The van der Waals surface area contributed by atoms with Crippen molar-refractivity contribution < 1.29 is 0 Å². The molecule has 0 saturated heterocycles. The fraction of sp³-hybridized carbons (Fsp3) is 0. The van der Waals surface area contributed by atoms with Gasteiger partial charge in [-0.3, -0.25) is 0 Å². The van der Waals surface area contributed by atoms with Crippen LogP contribution in [0, 0.1) is 0 Å². The van der Waals surface area contributed by atoms with Gasteiger partial charge in [0.15, 0.2) is 0 Å². The van der Waals surface area contributed by atoms with Crippen LogP contribution in [0.4, 0.5) is 0 Å². The molecule has 0 aliphatic heterocycles. The van der Waals surface area contributed by atoms with E-state index in [1.54, 1.807) is 0 Å². The van der Waals surface area contributed by atoms with Crippen molar-refractivity contribution in [1.82, 2.24) is 0 Å². The zero-order chi connectivity index (χ0) is 0. The molecule has 6 heavy (non-hydrogen) atoms. The molecule has 6 heteroatoms. The summed E-state index contributed by atoms with van der Waals surface area (Å²) in [6, 6.07) is 0. The van der Waals surface area contributed by atoms with Crippen LogP contribution < -0.4 is 0 Å². The average Bonchev–Trinajstić information content (AvgIpc) is 0. The van der Waals surface area contributed by atoms with Gasteiger partial charge in [0.25, 0.3) is 0 Å². The monoisotopic (exact) mass is 444 g/mol. The Kier molecular flexibility index (Phi) is 320. The van der Waals surface area contributed by atoms with Gasteiger partial charge in [0.05, 0.1) is 0 Å². The summed E-state index contributed by atoms with van der Waals surface area (Å²) >= 11 is 0. The molecule has 0 aliphatic rings.